The van der Waals surface area contributed by atoms with E-state index in [9.17, 15) is 0 Å². The van der Waals surface area contributed by atoms with Crippen molar-refractivity contribution in [1.29, 1.82) is 0 Å². The van der Waals surface area contributed by atoms with Gasteiger partial charge in [0, 0.05) is 22.5 Å². The number of aromatic nitrogens is 1. The molecule has 0 aliphatic rings. The predicted molar refractivity (Wildman–Crippen MR) is 58.9 cm³/mol. The molecule has 2 nitrogen and oxygen atoms in total. The lowest BCUT2D eigenvalue weighted by Gasteiger charge is -2.17. The molecule has 0 bridgehead atoms. The van der Waals surface area contributed by atoms with Crippen LogP contribution in [-0.2, 0) is 0 Å². The molecule has 0 fully saturated rings. The average Bonchev–Trinajstić information content (AvgIpc) is 2.09. The Morgan fingerprint density at radius 2 is 1.36 bits per heavy atom. The summed E-state index contributed by atoms with van der Waals surface area (Å²) in [5.41, 5.74) is 4.43. The molecule has 0 saturated heterocycles. The first-order valence-electron chi connectivity index (χ1n) is 5.04. The Morgan fingerprint density at radius 3 is 1.71 bits per heavy atom. The molecule has 0 amide bonds. The molecule has 1 rings (SSSR count). The highest BCUT2D eigenvalue weighted by Gasteiger charge is 2.11. The van der Waals surface area contributed by atoms with Crippen molar-refractivity contribution < 1.29 is 4.74 Å². The van der Waals surface area contributed by atoms with Gasteiger partial charge in [0.1, 0.15) is 5.75 Å². The van der Waals surface area contributed by atoms with E-state index in [1.165, 1.54) is 0 Å². The molecule has 0 aliphatic heterocycles. The number of hydrogen-bond acceptors (Lipinski definition) is 2. The first kappa shape index (κ1) is 11.0. The molecule has 0 unspecified atom stereocenters. The Labute approximate surface area is 86.3 Å². The van der Waals surface area contributed by atoms with Gasteiger partial charge in [-0.2, -0.15) is 0 Å². The van der Waals surface area contributed by atoms with Gasteiger partial charge in [-0.25, -0.2) is 0 Å². The summed E-state index contributed by atoms with van der Waals surface area (Å²) in [5.74, 6) is 1.00. The van der Waals surface area contributed by atoms with Gasteiger partial charge in [-0.15, -0.1) is 0 Å². The SMILES string of the molecule is Cc1nc(C)c(C)c(OC(C)C)c1C. The lowest BCUT2D eigenvalue weighted by molar-refractivity contribution is 0.238. The Morgan fingerprint density at radius 1 is 0.929 bits per heavy atom. The van der Waals surface area contributed by atoms with Crippen LogP contribution in [0, 0.1) is 27.7 Å². The minimum Gasteiger partial charge on any atom is -0.490 e. The highest BCUT2D eigenvalue weighted by atomic mass is 16.5. The molecule has 0 atom stereocenters. The molecule has 0 saturated carbocycles. The summed E-state index contributed by atoms with van der Waals surface area (Å²) in [4.78, 5) is 4.46. The van der Waals surface area contributed by atoms with Gasteiger partial charge in [0.05, 0.1) is 6.10 Å². The van der Waals surface area contributed by atoms with E-state index in [4.69, 9.17) is 4.74 Å². The van der Waals surface area contributed by atoms with Crippen LogP contribution >= 0.6 is 0 Å². The highest BCUT2D eigenvalue weighted by Crippen LogP contribution is 2.27. The molecule has 1 aromatic heterocycles. The van der Waals surface area contributed by atoms with E-state index in [1.54, 1.807) is 0 Å². The van der Waals surface area contributed by atoms with Crippen molar-refractivity contribution in [1.82, 2.24) is 4.98 Å². The molecule has 1 aromatic rings. The fourth-order valence-electron chi connectivity index (χ4n) is 1.44. The van der Waals surface area contributed by atoms with Crippen LogP contribution in [-0.4, -0.2) is 11.1 Å². The predicted octanol–water partition coefficient (Wildman–Crippen LogP) is 3.10. The number of ether oxygens (including phenoxy) is 1. The zero-order chi connectivity index (χ0) is 10.9. The standard InChI is InChI=1S/C12H19NO/c1-7(2)14-12-8(3)10(5)13-11(6)9(12)4/h7H,1-6H3. The second-order valence-electron chi connectivity index (χ2n) is 4.03. The quantitative estimate of drug-likeness (QED) is 0.720. The summed E-state index contributed by atoms with van der Waals surface area (Å²) in [6.07, 6.45) is 0.216. The lowest BCUT2D eigenvalue weighted by Crippen LogP contribution is -2.10. The largest absolute Gasteiger partial charge is 0.490 e. The zero-order valence-electron chi connectivity index (χ0n) is 9.93. The second-order valence-corrected chi connectivity index (χ2v) is 4.03. The maximum Gasteiger partial charge on any atom is 0.129 e. The number of hydrogen-bond donors (Lipinski definition) is 0. The van der Waals surface area contributed by atoms with Crippen LogP contribution in [0.5, 0.6) is 5.75 Å². The highest BCUT2D eigenvalue weighted by molar-refractivity contribution is 5.44. The molecule has 0 aliphatic carbocycles. The van der Waals surface area contributed by atoms with Gasteiger partial charge in [0.2, 0.25) is 0 Å². The Balaban J connectivity index is 3.25. The van der Waals surface area contributed by atoms with Gasteiger partial charge >= 0.3 is 0 Å². The Hall–Kier alpha value is -1.05. The van der Waals surface area contributed by atoms with E-state index in [0.29, 0.717) is 0 Å². The third kappa shape index (κ3) is 2.06. The van der Waals surface area contributed by atoms with Gasteiger partial charge in [0.25, 0.3) is 0 Å². The maximum absolute atomic E-state index is 5.80. The first-order valence-corrected chi connectivity index (χ1v) is 5.04. The molecule has 14 heavy (non-hydrogen) atoms. The molecule has 0 radical (unpaired) electrons. The smallest absolute Gasteiger partial charge is 0.129 e. The van der Waals surface area contributed by atoms with Crippen LogP contribution in [0.3, 0.4) is 0 Å². The summed E-state index contributed by atoms with van der Waals surface area (Å²) < 4.78 is 5.80. The van der Waals surface area contributed by atoms with E-state index in [-0.39, 0.29) is 6.10 Å². The molecule has 2 heteroatoms. The van der Waals surface area contributed by atoms with E-state index in [1.807, 2.05) is 27.7 Å². The van der Waals surface area contributed by atoms with Crippen molar-refractivity contribution in [3.63, 3.8) is 0 Å². The number of nitrogens with zero attached hydrogens (tertiary/aromatic N) is 1. The molecule has 0 N–H and O–H groups in total. The van der Waals surface area contributed by atoms with Crippen LogP contribution in [0.1, 0.15) is 36.4 Å². The topological polar surface area (TPSA) is 22.1 Å². The number of aryl methyl sites for hydroxylation is 2. The van der Waals surface area contributed by atoms with E-state index in [2.05, 4.69) is 18.8 Å². The third-order valence-electron chi connectivity index (χ3n) is 2.46. The number of pyridine rings is 1. The van der Waals surface area contributed by atoms with Crippen molar-refractivity contribution in [2.45, 2.75) is 47.6 Å². The van der Waals surface area contributed by atoms with Gasteiger partial charge < -0.3 is 4.74 Å². The van der Waals surface area contributed by atoms with Crippen molar-refractivity contribution >= 4 is 0 Å². The second kappa shape index (κ2) is 3.99. The van der Waals surface area contributed by atoms with E-state index < -0.39 is 0 Å². The third-order valence-corrected chi connectivity index (χ3v) is 2.46. The van der Waals surface area contributed by atoms with Crippen molar-refractivity contribution in [3.05, 3.63) is 22.5 Å². The van der Waals surface area contributed by atoms with E-state index >= 15 is 0 Å². The van der Waals surface area contributed by atoms with Crippen LogP contribution in [0.15, 0.2) is 0 Å². The fourth-order valence-corrected chi connectivity index (χ4v) is 1.44. The van der Waals surface area contributed by atoms with Crippen LogP contribution in [0.25, 0.3) is 0 Å². The molecular weight excluding hydrogens is 174 g/mol. The average molecular weight is 193 g/mol. The van der Waals surface area contributed by atoms with Gasteiger partial charge in [-0.1, -0.05) is 0 Å². The molecule has 78 valence electrons. The van der Waals surface area contributed by atoms with Gasteiger partial charge in [-0.3, -0.25) is 4.98 Å². The van der Waals surface area contributed by atoms with Crippen LogP contribution in [0.2, 0.25) is 0 Å². The first-order chi connectivity index (χ1) is 6.43. The fraction of sp³-hybridized carbons (Fsp3) is 0.583. The summed E-state index contributed by atoms with van der Waals surface area (Å²) in [6, 6.07) is 0. The van der Waals surface area contributed by atoms with Crippen molar-refractivity contribution in [2.75, 3.05) is 0 Å². The van der Waals surface area contributed by atoms with Crippen LogP contribution < -0.4 is 4.74 Å². The Bertz CT molecular complexity index is 316. The molecule has 0 spiro atoms. The monoisotopic (exact) mass is 193 g/mol. The molecule has 1 heterocycles. The van der Waals surface area contributed by atoms with Gasteiger partial charge in [-0.05, 0) is 41.5 Å². The zero-order valence-corrected chi connectivity index (χ0v) is 9.93. The van der Waals surface area contributed by atoms with Crippen LogP contribution in [0.4, 0.5) is 0 Å². The summed E-state index contributed by atoms with van der Waals surface area (Å²) >= 11 is 0. The van der Waals surface area contributed by atoms with Crippen molar-refractivity contribution in [3.8, 4) is 5.75 Å². The summed E-state index contributed by atoms with van der Waals surface area (Å²) in [5, 5.41) is 0. The molecule has 0 aromatic carbocycles. The van der Waals surface area contributed by atoms with E-state index in [0.717, 1.165) is 28.3 Å². The minimum atomic E-state index is 0.216. The van der Waals surface area contributed by atoms with Crippen molar-refractivity contribution in [2.24, 2.45) is 0 Å². The Kier molecular flexibility index (Phi) is 3.14. The minimum absolute atomic E-state index is 0.216. The molecular formula is C12H19NO. The van der Waals surface area contributed by atoms with Gasteiger partial charge in [0.15, 0.2) is 0 Å². The number of rotatable bonds is 2. The summed E-state index contributed by atoms with van der Waals surface area (Å²) in [6.45, 7) is 12.3. The normalized spacial score (nSPS) is 10.8. The maximum atomic E-state index is 5.80. The summed E-state index contributed by atoms with van der Waals surface area (Å²) in [7, 11) is 0. The lowest BCUT2D eigenvalue weighted by atomic mass is 10.1.